The van der Waals surface area contributed by atoms with Gasteiger partial charge in [-0.2, -0.15) is 0 Å². The number of nitrogens with one attached hydrogen (secondary N) is 3. The van der Waals surface area contributed by atoms with E-state index in [1.165, 1.54) is 0 Å². The van der Waals surface area contributed by atoms with Crippen molar-refractivity contribution in [2.45, 2.75) is 52.6 Å². The van der Waals surface area contributed by atoms with Crippen LogP contribution in [0.4, 0.5) is 0 Å². The second kappa shape index (κ2) is 24.4. The first-order valence-electron chi connectivity index (χ1n) is 13.5. The van der Waals surface area contributed by atoms with E-state index >= 15 is 0 Å². The lowest BCUT2D eigenvalue weighted by atomic mass is 10.0. The molecule has 0 bridgehead atoms. The van der Waals surface area contributed by atoms with Gasteiger partial charge >= 0.3 is 0 Å². The molecule has 0 aliphatic heterocycles. The van der Waals surface area contributed by atoms with Crippen molar-refractivity contribution in [1.29, 1.82) is 0 Å². The summed E-state index contributed by atoms with van der Waals surface area (Å²) < 4.78 is 32.4. The SMILES string of the molecule is CC(C)[C@@H](C)NC(=O)C(C)(C)NC(=O)CCOCCOCCOCCOCCOCCOCCNC(=O)CBr. The molecule has 0 aliphatic carbocycles. The number of carbonyl (C=O) groups is 3. The van der Waals surface area contributed by atoms with E-state index in [-0.39, 0.29) is 42.1 Å². The van der Waals surface area contributed by atoms with Crippen molar-refractivity contribution in [3.63, 3.8) is 0 Å². The average molecular weight is 629 g/mol. The molecule has 230 valence electrons. The molecule has 1 atom stereocenters. The Morgan fingerprint density at radius 2 is 1.08 bits per heavy atom. The summed E-state index contributed by atoms with van der Waals surface area (Å²) in [6.07, 6.45) is 0.164. The molecule has 0 rings (SSSR count). The van der Waals surface area contributed by atoms with Gasteiger partial charge in [-0.3, -0.25) is 14.4 Å². The number of carbonyl (C=O) groups excluding carboxylic acids is 3. The highest BCUT2D eigenvalue weighted by Crippen LogP contribution is 2.07. The summed E-state index contributed by atoms with van der Waals surface area (Å²) in [6.45, 7) is 15.0. The summed E-state index contributed by atoms with van der Waals surface area (Å²) in [5.74, 6) is -0.208. The van der Waals surface area contributed by atoms with Crippen molar-refractivity contribution in [2.75, 3.05) is 91.2 Å². The van der Waals surface area contributed by atoms with Gasteiger partial charge in [0.05, 0.1) is 84.6 Å². The van der Waals surface area contributed by atoms with Crippen LogP contribution in [0.2, 0.25) is 0 Å². The van der Waals surface area contributed by atoms with E-state index in [1.807, 2.05) is 20.8 Å². The number of halogens is 1. The van der Waals surface area contributed by atoms with E-state index in [2.05, 4.69) is 31.9 Å². The van der Waals surface area contributed by atoms with Crippen LogP contribution in [0.25, 0.3) is 0 Å². The monoisotopic (exact) mass is 627 g/mol. The van der Waals surface area contributed by atoms with Gasteiger partial charge in [0, 0.05) is 19.0 Å². The number of amides is 3. The molecule has 0 saturated heterocycles. The van der Waals surface area contributed by atoms with Crippen LogP contribution in [0.5, 0.6) is 0 Å². The van der Waals surface area contributed by atoms with Crippen LogP contribution in [0.3, 0.4) is 0 Å². The van der Waals surface area contributed by atoms with Crippen LogP contribution in [-0.4, -0.2) is 120 Å². The van der Waals surface area contributed by atoms with Crippen molar-refractivity contribution in [3.05, 3.63) is 0 Å². The summed E-state index contributed by atoms with van der Waals surface area (Å²) in [5, 5.41) is 8.65. The van der Waals surface area contributed by atoms with Crippen LogP contribution in [-0.2, 0) is 42.8 Å². The molecule has 0 saturated carbocycles. The summed E-state index contributed by atoms with van der Waals surface area (Å²) in [4.78, 5) is 35.5. The molecule has 0 aromatic rings. The Bertz CT molecular complexity index is 654. The van der Waals surface area contributed by atoms with Crippen LogP contribution in [0.1, 0.15) is 41.0 Å². The fraction of sp³-hybridized carbons (Fsp3) is 0.885. The molecule has 12 nitrogen and oxygen atoms in total. The molecule has 13 heteroatoms. The maximum Gasteiger partial charge on any atom is 0.245 e. The molecule has 0 heterocycles. The first-order chi connectivity index (χ1) is 18.6. The summed E-state index contributed by atoms with van der Waals surface area (Å²) in [6, 6.07) is 0.0245. The lowest BCUT2D eigenvalue weighted by molar-refractivity contribution is -0.133. The van der Waals surface area contributed by atoms with E-state index in [1.54, 1.807) is 13.8 Å². The lowest BCUT2D eigenvalue weighted by Gasteiger charge is -2.28. The second-order valence-electron chi connectivity index (χ2n) is 9.59. The first kappa shape index (κ1) is 37.6. The molecule has 0 radical (unpaired) electrons. The third-order valence-corrected chi connectivity index (χ3v) is 5.91. The van der Waals surface area contributed by atoms with E-state index in [4.69, 9.17) is 28.4 Å². The van der Waals surface area contributed by atoms with Crippen molar-refractivity contribution >= 4 is 33.7 Å². The number of ether oxygens (including phenoxy) is 6. The highest BCUT2D eigenvalue weighted by Gasteiger charge is 2.30. The number of hydrogen-bond acceptors (Lipinski definition) is 9. The number of alkyl halides is 1. The average Bonchev–Trinajstić information content (AvgIpc) is 2.88. The maximum absolute atomic E-state index is 12.4. The Hall–Kier alpha value is -1.35. The Morgan fingerprint density at radius 1 is 0.667 bits per heavy atom. The summed E-state index contributed by atoms with van der Waals surface area (Å²) in [7, 11) is 0. The molecule has 0 aromatic carbocycles. The van der Waals surface area contributed by atoms with Gasteiger partial charge in [0.25, 0.3) is 0 Å². The standard InChI is InChI=1S/C26H50BrN3O9/c1-21(2)22(3)29-25(33)26(4,5)30-23(31)6-8-34-10-12-36-14-16-38-18-19-39-17-15-37-13-11-35-9-7-28-24(32)20-27/h21-22H,6-20H2,1-5H3,(H,28,32)(H,29,33)(H,30,31)/t22-/m1/s1. The van der Waals surface area contributed by atoms with Gasteiger partial charge in [-0.25, -0.2) is 0 Å². The van der Waals surface area contributed by atoms with Gasteiger partial charge in [-0.15, -0.1) is 0 Å². The minimum Gasteiger partial charge on any atom is -0.379 e. The maximum atomic E-state index is 12.4. The Balaban J connectivity index is 3.43. The molecule has 0 fully saturated rings. The van der Waals surface area contributed by atoms with Gasteiger partial charge in [0.2, 0.25) is 17.7 Å². The highest BCUT2D eigenvalue weighted by molar-refractivity contribution is 9.09. The molecule has 0 unspecified atom stereocenters. The zero-order valence-corrected chi connectivity index (χ0v) is 25.9. The van der Waals surface area contributed by atoms with Crippen molar-refractivity contribution in [3.8, 4) is 0 Å². The normalized spacial score (nSPS) is 12.4. The highest BCUT2D eigenvalue weighted by atomic mass is 79.9. The third-order valence-electron chi connectivity index (χ3n) is 5.40. The quantitative estimate of drug-likeness (QED) is 0.0947. The van der Waals surface area contributed by atoms with Crippen LogP contribution in [0.15, 0.2) is 0 Å². The second-order valence-corrected chi connectivity index (χ2v) is 10.1. The predicted molar refractivity (Wildman–Crippen MR) is 151 cm³/mol. The molecule has 0 aliphatic rings. The molecule has 3 amide bonds. The summed E-state index contributed by atoms with van der Waals surface area (Å²) in [5.41, 5.74) is -0.993. The first-order valence-corrected chi connectivity index (χ1v) is 14.6. The van der Waals surface area contributed by atoms with Crippen molar-refractivity contribution in [1.82, 2.24) is 16.0 Å². The fourth-order valence-corrected chi connectivity index (χ4v) is 2.90. The Labute approximate surface area is 242 Å². The minimum atomic E-state index is -0.993. The molecule has 39 heavy (non-hydrogen) atoms. The van der Waals surface area contributed by atoms with Gasteiger partial charge in [0.1, 0.15) is 5.54 Å². The third kappa shape index (κ3) is 23.1. The van der Waals surface area contributed by atoms with Crippen LogP contribution < -0.4 is 16.0 Å². The van der Waals surface area contributed by atoms with Gasteiger partial charge in [-0.1, -0.05) is 29.8 Å². The van der Waals surface area contributed by atoms with E-state index in [0.717, 1.165) is 0 Å². The van der Waals surface area contributed by atoms with Crippen LogP contribution >= 0.6 is 15.9 Å². The van der Waals surface area contributed by atoms with Gasteiger partial charge in [-0.05, 0) is 26.7 Å². The fourth-order valence-electron chi connectivity index (χ4n) is 2.70. The van der Waals surface area contributed by atoms with Gasteiger partial charge in [0.15, 0.2) is 0 Å². The minimum absolute atomic E-state index is 0.0245. The zero-order valence-electron chi connectivity index (χ0n) is 24.3. The predicted octanol–water partition coefficient (Wildman–Crippen LogP) is 1.04. The van der Waals surface area contributed by atoms with Crippen LogP contribution in [0, 0.1) is 5.92 Å². The molecule has 3 N–H and O–H groups in total. The molecule has 0 aromatic heterocycles. The molecule has 0 spiro atoms. The van der Waals surface area contributed by atoms with Crippen molar-refractivity contribution < 1.29 is 42.8 Å². The largest absolute Gasteiger partial charge is 0.379 e. The smallest absolute Gasteiger partial charge is 0.245 e. The number of hydrogen-bond donors (Lipinski definition) is 3. The molecular formula is C26H50BrN3O9. The Kier molecular flexibility index (Phi) is 23.6. The van der Waals surface area contributed by atoms with E-state index < -0.39 is 5.54 Å². The van der Waals surface area contributed by atoms with E-state index in [0.29, 0.717) is 85.1 Å². The van der Waals surface area contributed by atoms with Gasteiger partial charge < -0.3 is 44.4 Å². The van der Waals surface area contributed by atoms with E-state index in [9.17, 15) is 14.4 Å². The summed E-state index contributed by atoms with van der Waals surface area (Å²) >= 11 is 3.07. The lowest BCUT2D eigenvalue weighted by Crippen LogP contribution is -2.57. The van der Waals surface area contributed by atoms with Crippen molar-refractivity contribution in [2.24, 2.45) is 5.92 Å². The Morgan fingerprint density at radius 3 is 1.49 bits per heavy atom. The number of rotatable bonds is 26. The topological polar surface area (TPSA) is 143 Å². The zero-order chi connectivity index (χ0) is 29.4. The molecular weight excluding hydrogens is 578 g/mol.